The van der Waals surface area contributed by atoms with Crippen molar-refractivity contribution in [3.63, 3.8) is 0 Å². The average Bonchev–Trinajstić information content (AvgIpc) is 2.90. The summed E-state index contributed by atoms with van der Waals surface area (Å²) in [7, 11) is 0. The van der Waals surface area contributed by atoms with E-state index in [0.29, 0.717) is 0 Å². The molecule has 0 bridgehead atoms. The second-order valence-electron chi connectivity index (χ2n) is 5.17. The van der Waals surface area contributed by atoms with Crippen LogP contribution in [0.4, 0.5) is 0 Å². The van der Waals surface area contributed by atoms with Gasteiger partial charge in [0.1, 0.15) is 5.58 Å². The van der Waals surface area contributed by atoms with E-state index in [1.807, 2.05) is 24.5 Å². The van der Waals surface area contributed by atoms with Gasteiger partial charge in [-0.2, -0.15) is 0 Å². The van der Waals surface area contributed by atoms with E-state index in [-0.39, 0.29) is 6.04 Å². The summed E-state index contributed by atoms with van der Waals surface area (Å²) in [6.45, 7) is 5.48. The Bertz CT molecular complexity index is 531. The van der Waals surface area contributed by atoms with Gasteiger partial charge < -0.3 is 20.4 Å². The van der Waals surface area contributed by atoms with Crippen molar-refractivity contribution in [2.75, 3.05) is 32.7 Å². The quantitative estimate of drug-likeness (QED) is 0.878. The third-order valence-corrected chi connectivity index (χ3v) is 3.88. The van der Waals surface area contributed by atoms with Gasteiger partial charge in [-0.1, -0.05) is 18.2 Å². The second-order valence-corrected chi connectivity index (χ2v) is 5.17. The van der Waals surface area contributed by atoms with Gasteiger partial charge in [-0.3, -0.25) is 0 Å². The van der Waals surface area contributed by atoms with E-state index in [4.69, 9.17) is 10.2 Å². The molecule has 0 amide bonds. The molecule has 0 radical (unpaired) electrons. The zero-order chi connectivity index (χ0) is 13.1. The number of benzene rings is 1. The van der Waals surface area contributed by atoms with Gasteiger partial charge >= 0.3 is 0 Å². The number of rotatable bonds is 4. The lowest BCUT2D eigenvalue weighted by atomic mass is 10.0. The Morgan fingerprint density at radius 2 is 2.05 bits per heavy atom. The van der Waals surface area contributed by atoms with Gasteiger partial charge in [0.05, 0.1) is 6.26 Å². The van der Waals surface area contributed by atoms with Crippen LogP contribution in [-0.4, -0.2) is 37.6 Å². The molecule has 0 saturated carbocycles. The van der Waals surface area contributed by atoms with Crippen molar-refractivity contribution in [1.29, 1.82) is 0 Å². The minimum atomic E-state index is 0.0542. The Hall–Kier alpha value is -1.36. The standard InChI is InChI=1S/C15H21N3O/c16-14(5-8-18-9-6-17-7-10-18)13-11-19-15-4-2-1-3-12(13)15/h1-4,11,14,17H,5-10,16H2. The lowest BCUT2D eigenvalue weighted by molar-refractivity contribution is 0.233. The fraction of sp³-hybridized carbons (Fsp3) is 0.467. The van der Waals surface area contributed by atoms with Crippen molar-refractivity contribution in [3.05, 3.63) is 36.1 Å². The predicted molar refractivity (Wildman–Crippen MR) is 77.1 cm³/mol. The molecule has 1 unspecified atom stereocenters. The molecular weight excluding hydrogens is 238 g/mol. The highest BCUT2D eigenvalue weighted by Gasteiger charge is 2.15. The first-order valence-corrected chi connectivity index (χ1v) is 6.99. The molecule has 0 aliphatic carbocycles. The summed E-state index contributed by atoms with van der Waals surface area (Å²) in [5.41, 5.74) is 8.38. The van der Waals surface area contributed by atoms with Crippen LogP contribution in [0.3, 0.4) is 0 Å². The van der Waals surface area contributed by atoms with E-state index >= 15 is 0 Å². The van der Waals surface area contributed by atoms with Gasteiger partial charge in [0.2, 0.25) is 0 Å². The Labute approximate surface area is 113 Å². The highest BCUT2D eigenvalue weighted by molar-refractivity contribution is 5.81. The molecule has 19 heavy (non-hydrogen) atoms. The maximum absolute atomic E-state index is 6.32. The van der Waals surface area contributed by atoms with Crippen LogP contribution in [0, 0.1) is 0 Å². The summed E-state index contributed by atoms with van der Waals surface area (Å²) in [6.07, 6.45) is 2.79. The number of hydrogen-bond acceptors (Lipinski definition) is 4. The first-order valence-electron chi connectivity index (χ1n) is 6.99. The van der Waals surface area contributed by atoms with Crippen LogP contribution in [0.5, 0.6) is 0 Å². The Morgan fingerprint density at radius 1 is 1.26 bits per heavy atom. The summed E-state index contributed by atoms with van der Waals surface area (Å²) in [6, 6.07) is 8.14. The fourth-order valence-electron chi connectivity index (χ4n) is 2.70. The molecule has 1 aliphatic heterocycles. The molecule has 0 spiro atoms. The minimum Gasteiger partial charge on any atom is -0.464 e. The van der Waals surface area contributed by atoms with E-state index in [1.165, 1.54) is 0 Å². The smallest absolute Gasteiger partial charge is 0.134 e. The largest absolute Gasteiger partial charge is 0.464 e. The predicted octanol–water partition coefficient (Wildman–Crippen LogP) is 1.73. The molecule has 102 valence electrons. The van der Waals surface area contributed by atoms with Crippen LogP contribution in [0.1, 0.15) is 18.0 Å². The Morgan fingerprint density at radius 3 is 2.89 bits per heavy atom. The normalized spacial score (nSPS) is 18.8. The molecule has 2 heterocycles. The van der Waals surface area contributed by atoms with E-state index in [2.05, 4.69) is 16.3 Å². The van der Waals surface area contributed by atoms with Crippen molar-refractivity contribution in [1.82, 2.24) is 10.2 Å². The number of fused-ring (bicyclic) bond motifs is 1. The van der Waals surface area contributed by atoms with Gasteiger partial charge in [0.25, 0.3) is 0 Å². The highest BCUT2D eigenvalue weighted by atomic mass is 16.3. The number of nitrogens with zero attached hydrogens (tertiary/aromatic N) is 1. The molecule has 3 N–H and O–H groups in total. The monoisotopic (exact) mass is 259 g/mol. The summed E-state index contributed by atoms with van der Waals surface area (Å²) in [4.78, 5) is 2.47. The molecule has 4 nitrogen and oxygen atoms in total. The number of furan rings is 1. The molecule has 1 aromatic heterocycles. The van der Waals surface area contributed by atoms with Crippen LogP contribution in [0.2, 0.25) is 0 Å². The van der Waals surface area contributed by atoms with Crippen LogP contribution < -0.4 is 11.1 Å². The Kier molecular flexibility index (Phi) is 3.82. The lowest BCUT2D eigenvalue weighted by Crippen LogP contribution is -2.44. The van der Waals surface area contributed by atoms with Gasteiger partial charge in [-0.05, 0) is 12.5 Å². The van der Waals surface area contributed by atoms with E-state index in [9.17, 15) is 0 Å². The van der Waals surface area contributed by atoms with Crippen LogP contribution in [0.25, 0.3) is 11.0 Å². The number of nitrogens with one attached hydrogen (secondary N) is 1. The summed E-state index contributed by atoms with van der Waals surface area (Å²) in [5.74, 6) is 0. The summed E-state index contributed by atoms with van der Waals surface area (Å²) < 4.78 is 5.56. The maximum atomic E-state index is 6.32. The highest BCUT2D eigenvalue weighted by Crippen LogP contribution is 2.26. The first-order chi connectivity index (χ1) is 9.34. The summed E-state index contributed by atoms with van der Waals surface area (Å²) >= 11 is 0. The lowest BCUT2D eigenvalue weighted by Gasteiger charge is -2.28. The fourth-order valence-corrected chi connectivity index (χ4v) is 2.70. The van der Waals surface area contributed by atoms with E-state index in [0.717, 1.165) is 55.7 Å². The van der Waals surface area contributed by atoms with Gasteiger partial charge in [0.15, 0.2) is 0 Å². The van der Waals surface area contributed by atoms with Crippen LogP contribution in [0.15, 0.2) is 34.9 Å². The van der Waals surface area contributed by atoms with Gasteiger partial charge in [0, 0.05) is 49.7 Å². The van der Waals surface area contributed by atoms with Crippen LogP contribution >= 0.6 is 0 Å². The van der Waals surface area contributed by atoms with Crippen molar-refractivity contribution in [3.8, 4) is 0 Å². The van der Waals surface area contributed by atoms with Crippen molar-refractivity contribution in [2.45, 2.75) is 12.5 Å². The van der Waals surface area contributed by atoms with Crippen molar-refractivity contribution in [2.24, 2.45) is 5.73 Å². The second kappa shape index (κ2) is 5.74. The average molecular weight is 259 g/mol. The zero-order valence-corrected chi connectivity index (χ0v) is 11.1. The molecule has 1 saturated heterocycles. The number of nitrogens with two attached hydrogens (primary N) is 1. The van der Waals surface area contributed by atoms with Crippen molar-refractivity contribution >= 4 is 11.0 Å². The molecule has 1 fully saturated rings. The third kappa shape index (κ3) is 2.81. The first kappa shape index (κ1) is 12.7. The van der Waals surface area contributed by atoms with Crippen LogP contribution in [-0.2, 0) is 0 Å². The van der Waals surface area contributed by atoms with Crippen molar-refractivity contribution < 1.29 is 4.42 Å². The third-order valence-electron chi connectivity index (χ3n) is 3.88. The molecular formula is C15H21N3O. The molecule has 1 aromatic carbocycles. The topological polar surface area (TPSA) is 54.4 Å². The Balaban J connectivity index is 1.64. The number of hydrogen-bond donors (Lipinski definition) is 2. The molecule has 1 atom stereocenters. The minimum absolute atomic E-state index is 0.0542. The van der Waals surface area contributed by atoms with E-state index < -0.39 is 0 Å². The SMILES string of the molecule is NC(CCN1CCNCC1)c1coc2ccccc12. The number of para-hydroxylation sites is 1. The van der Waals surface area contributed by atoms with Gasteiger partial charge in [-0.25, -0.2) is 0 Å². The molecule has 2 aromatic rings. The molecule has 3 rings (SSSR count). The zero-order valence-electron chi connectivity index (χ0n) is 11.1. The summed E-state index contributed by atoms with van der Waals surface area (Å²) in [5, 5.41) is 4.51. The maximum Gasteiger partial charge on any atom is 0.134 e. The molecule has 1 aliphatic rings. The van der Waals surface area contributed by atoms with E-state index in [1.54, 1.807) is 0 Å². The van der Waals surface area contributed by atoms with Gasteiger partial charge in [-0.15, -0.1) is 0 Å². The number of piperazine rings is 1. The molecule has 4 heteroatoms.